The number of allylic oxidation sites excluding steroid dienone is 1. The molecule has 28 heavy (non-hydrogen) atoms. The van der Waals surface area contributed by atoms with E-state index in [-0.39, 0.29) is 16.2 Å². The zero-order valence-electron chi connectivity index (χ0n) is 14.7. The Kier molecular flexibility index (Phi) is 5.68. The van der Waals surface area contributed by atoms with Crippen LogP contribution in [0.4, 0.5) is 0 Å². The molecule has 0 aliphatic carbocycles. The molecule has 0 bridgehead atoms. The molecule has 0 saturated heterocycles. The highest BCUT2D eigenvalue weighted by atomic mass is 32.2. The molecule has 0 spiro atoms. The highest BCUT2D eigenvalue weighted by Gasteiger charge is 2.23. The Morgan fingerprint density at radius 1 is 0.750 bits per heavy atom. The van der Waals surface area contributed by atoms with Crippen LogP contribution in [0.25, 0.3) is 5.70 Å². The van der Waals surface area contributed by atoms with Gasteiger partial charge in [0.05, 0.1) is 10.6 Å². The van der Waals surface area contributed by atoms with Gasteiger partial charge in [-0.3, -0.25) is 9.52 Å². The number of nitriles is 1. The molecule has 0 aromatic heterocycles. The fourth-order valence-electron chi connectivity index (χ4n) is 2.61. The van der Waals surface area contributed by atoms with Gasteiger partial charge in [-0.15, -0.1) is 0 Å². The molecule has 3 rings (SSSR count). The first-order valence-electron chi connectivity index (χ1n) is 8.40. The minimum Gasteiger partial charge on any atom is -0.288 e. The lowest BCUT2D eigenvalue weighted by molar-refractivity contribution is 0.103. The minimum atomic E-state index is -3.99. The molecule has 3 aromatic rings. The highest BCUT2D eigenvalue weighted by molar-refractivity contribution is 7.89. The fraction of sp³-hybridized carbons (Fsp3) is 0. The smallest absolute Gasteiger partial charge is 0.261 e. The third kappa shape index (κ3) is 4.17. The van der Waals surface area contributed by atoms with E-state index in [2.05, 4.69) is 4.72 Å². The van der Waals surface area contributed by atoms with E-state index in [0.29, 0.717) is 11.1 Å². The van der Waals surface area contributed by atoms with Crippen molar-refractivity contribution < 1.29 is 13.2 Å². The van der Waals surface area contributed by atoms with Gasteiger partial charge in [-0.1, -0.05) is 78.9 Å². The second kappa shape index (κ2) is 8.33. The van der Waals surface area contributed by atoms with E-state index in [0.717, 1.165) is 0 Å². The third-order valence-electron chi connectivity index (χ3n) is 3.98. The summed E-state index contributed by atoms with van der Waals surface area (Å²) in [5, 5.41) is 9.69. The zero-order valence-corrected chi connectivity index (χ0v) is 15.6. The Hall–Kier alpha value is -3.69. The zero-order chi connectivity index (χ0) is 20.0. The van der Waals surface area contributed by atoms with E-state index in [4.69, 9.17) is 0 Å². The molecule has 3 aromatic carbocycles. The molecule has 0 aliphatic rings. The first-order chi connectivity index (χ1) is 13.5. The van der Waals surface area contributed by atoms with Crippen LogP contribution in [0.3, 0.4) is 0 Å². The van der Waals surface area contributed by atoms with Crippen molar-refractivity contribution in [3.05, 3.63) is 108 Å². The molecule has 0 aliphatic heterocycles. The summed E-state index contributed by atoms with van der Waals surface area (Å²) in [6.45, 7) is 0. The van der Waals surface area contributed by atoms with Crippen molar-refractivity contribution in [3.63, 3.8) is 0 Å². The summed E-state index contributed by atoms with van der Waals surface area (Å²) >= 11 is 0. The van der Waals surface area contributed by atoms with Crippen molar-refractivity contribution >= 4 is 21.5 Å². The summed E-state index contributed by atoms with van der Waals surface area (Å²) in [5.74, 6) is -0.558. The first kappa shape index (κ1) is 19.1. The second-order valence-electron chi connectivity index (χ2n) is 5.84. The number of Topliss-reactive ketones (excluding diaryl/α,β-unsaturated/α-hetero) is 1. The standard InChI is InChI=1S/C22H16N2O3S/c23-16-20(22(25)18-12-6-2-7-13-18)21(17-10-4-1-5-11-17)24-28(26,27)19-14-8-3-9-15-19/h1-15,24H. The van der Waals surface area contributed by atoms with Gasteiger partial charge in [0.1, 0.15) is 11.6 Å². The van der Waals surface area contributed by atoms with Crippen LogP contribution in [0.15, 0.2) is 101 Å². The highest BCUT2D eigenvalue weighted by Crippen LogP contribution is 2.22. The van der Waals surface area contributed by atoms with Gasteiger partial charge in [-0.05, 0) is 12.1 Å². The van der Waals surface area contributed by atoms with Crippen molar-refractivity contribution in [2.24, 2.45) is 0 Å². The maximum absolute atomic E-state index is 12.9. The molecule has 6 heteroatoms. The van der Waals surface area contributed by atoms with Crippen LogP contribution in [0.5, 0.6) is 0 Å². The lowest BCUT2D eigenvalue weighted by atomic mass is 9.99. The number of sulfonamides is 1. The average Bonchev–Trinajstić information content (AvgIpc) is 2.75. The molecule has 0 saturated carbocycles. The molecule has 0 unspecified atom stereocenters. The molecule has 1 N–H and O–H groups in total. The van der Waals surface area contributed by atoms with Gasteiger partial charge in [0.15, 0.2) is 0 Å². The molecule has 0 fully saturated rings. The number of carbonyl (C=O) groups is 1. The lowest BCUT2D eigenvalue weighted by Gasteiger charge is -2.14. The van der Waals surface area contributed by atoms with E-state index < -0.39 is 15.8 Å². The molecule has 5 nitrogen and oxygen atoms in total. The Morgan fingerprint density at radius 2 is 1.21 bits per heavy atom. The Morgan fingerprint density at radius 3 is 1.71 bits per heavy atom. The summed E-state index contributed by atoms with van der Waals surface area (Å²) < 4.78 is 28.1. The number of ketones is 1. The van der Waals surface area contributed by atoms with Crippen LogP contribution in [-0.4, -0.2) is 14.2 Å². The molecule has 0 radical (unpaired) electrons. The second-order valence-corrected chi connectivity index (χ2v) is 7.52. The van der Waals surface area contributed by atoms with Crippen LogP contribution in [0.1, 0.15) is 15.9 Å². The van der Waals surface area contributed by atoms with E-state index in [1.54, 1.807) is 78.9 Å². The molecular formula is C22H16N2O3S. The van der Waals surface area contributed by atoms with Crippen molar-refractivity contribution in [3.8, 4) is 6.07 Å². The number of carbonyl (C=O) groups excluding carboxylic acids is 1. The maximum atomic E-state index is 12.9. The summed E-state index contributed by atoms with van der Waals surface area (Å²) in [5.41, 5.74) is 0.381. The molecule has 0 atom stereocenters. The first-order valence-corrected chi connectivity index (χ1v) is 9.88. The molecular weight excluding hydrogens is 372 g/mol. The van der Waals surface area contributed by atoms with Gasteiger partial charge in [0.2, 0.25) is 5.78 Å². The van der Waals surface area contributed by atoms with Gasteiger partial charge >= 0.3 is 0 Å². The van der Waals surface area contributed by atoms with E-state index in [9.17, 15) is 18.5 Å². The number of nitrogens with zero attached hydrogens (tertiary/aromatic N) is 1. The predicted octanol–water partition coefficient (Wildman–Crippen LogP) is 3.78. The quantitative estimate of drug-likeness (QED) is 0.395. The van der Waals surface area contributed by atoms with E-state index >= 15 is 0 Å². The summed E-state index contributed by atoms with van der Waals surface area (Å²) in [4.78, 5) is 12.9. The Labute approximate surface area is 163 Å². The lowest BCUT2D eigenvalue weighted by Crippen LogP contribution is -2.25. The number of nitrogens with one attached hydrogen (secondary N) is 1. The Balaban J connectivity index is 2.16. The van der Waals surface area contributed by atoms with Crippen LogP contribution >= 0.6 is 0 Å². The van der Waals surface area contributed by atoms with Crippen LogP contribution < -0.4 is 4.72 Å². The van der Waals surface area contributed by atoms with Crippen LogP contribution in [-0.2, 0) is 10.0 Å². The van der Waals surface area contributed by atoms with Gasteiger partial charge in [-0.25, -0.2) is 8.42 Å². The molecule has 0 amide bonds. The topological polar surface area (TPSA) is 87.0 Å². The maximum Gasteiger partial charge on any atom is 0.261 e. The normalized spacial score (nSPS) is 11.8. The third-order valence-corrected chi connectivity index (χ3v) is 5.34. The monoisotopic (exact) mass is 388 g/mol. The van der Waals surface area contributed by atoms with Gasteiger partial charge in [-0.2, -0.15) is 5.26 Å². The van der Waals surface area contributed by atoms with Crippen molar-refractivity contribution in [2.75, 3.05) is 0 Å². The fourth-order valence-corrected chi connectivity index (χ4v) is 3.73. The van der Waals surface area contributed by atoms with Crippen molar-refractivity contribution in [2.45, 2.75) is 4.90 Å². The van der Waals surface area contributed by atoms with E-state index in [1.165, 1.54) is 12.1 Å². The summed E-state index contributed by atoms with van der Waals surface area (Å²) in [6, 6.07) is 26.4. The molecule has 138 valence electrons. The summed E-state index contributed by atoms with van der Waals surface area (Å²) in [6.07, 6.45) is 0. The van der Waals surface area contributed by atoms with Crippen LogP contribution in [0, 0.1) is 11.3 Å². The molecule has 0 heterocycles. The van der Waals surface area contributed by atoms with Gasteiger partial charge < -0.3 is 0 Å². The van der Waals surface area contributed by atoms with Crippen molar-refractivity contribution in [1.82, 2.24) is 4.72 Å². The SMILES string of the molecule is N#CC(C(=O)c1ccccc1)=C(NS(=O)(=O)c1ccccc1)c1ccccc1. The number of benzene rings is 3. The largest absolute Gasteiger partial charge is 0.288 e. The van der Waals surface area contributed by atoms with Gasteiger partial charge in [0.25, 0.3) is 10.0 Å². The minimum absolute atomic E-state index is 0.0351. The number of hydrogen-bond donors (Lipinski definition) is 1. The summed E-state index contributed by atoms with van der Waals surface area (Å²) in [7, 11) is -3.99. The predicted molar refractivity (Wildman–Crippen MR) is 107 cm³/mol. The number of hydrogen-bond acceptors (Lipinski definition) is 4. The average molecular weight is 388 g/mol. The van der Waals surface area contributed by atoms with Crippen LogP contribution in [0.2, 0.25) is 0 Å². The van der Waals surface area contributed by atoms with Crippen molar-refractivity contribution in [1.29, 1.82) is 5.26 Å². The van der Waals surface area contributed by atoms with Gasteiger partial charge in [0, 0.05) is 11.1 Å². The number of rotatable bonds is 6. The Bertz CT molecular complexity index is 1150. The van der Waals surface area contributed by atoms with E-state index in [1.807, 2.05) is 6.07 Å².